The lowest BCUT2D eigenvalue weighted by molar-refractivity contribution is -0.140. The van der Waals surface area contributed by atoms with E-state index in [9.17, 15) is 4.79 Å². The lowest BCUT2D eigenvalue weighted by Gasteiger charge is -2.27. The number of esters is 1. The summed E-state index contributed by atoms with van der Waals surface area (Å²) in [6.45, 7) is 1.86. The normalized spacial score (nSPS) is 16.0. The third kappa shape index (κ3) is 4.35. The molecule has 29 heavy (non-hydrogen) atoms. The topological polar surface area (TPSA) is 102 Å². The van der Waals surface area contributed by atoms with E-state index in [-0.39, 0.29) is 30.5 Å². The molecule has 2 N–H and O–H groups in total. The van der Waals surface area contributed by atoms with Crippen LogP contribution in [0.3, 0.4) is 0 Å². The van der Waals surface area contributed by atoms with E-state index in [1.807, 2.05) is 25.1 Å². The first kappa shape index (κ1) is 20.7. The molecule has 1 aliphatic rings. The summed E-state index contributed by atoms with van der Waals surface area (Å²) in [6.07, 6.45) is 2.52. The molecule has 3 rings (SSSR count). The fraction of sp³-hybridized carbons (Fsp3) is 0.286. The molecule has 0 fully saturated rings. The first-order chi connectivity index (χ1) is 14.0. The monoisotopic (exact) mass is 411 g/mol. The van der Waals surface area contributed by atoms with Gasteiger partial charge in [-0.25, -0.2) is 0 Å². The van der Waals surface area contributed by atoms with Crippen molar-refractivity contribution in [3.63, 3.8) is 0 Å². The van der Waals surface area contributed by atoms with Gasteiger partial charge in [0.2, 0.25) is 0 Å². The van der Waals surface area contributed by atoms with E-state index in [1.165, 1.54) is 7.11 Å². The molecule has 0 unspecified atom stereocenters. The molecule has 0 saturated heterocycles. The van der Waals surface area contributed by atoms with Crippen molar-refractivity contribution < 1.29 is 9.53 Å². The molecule has 1 atom stereocenters. The lowest BCUT2D eigenvalue weighted by atomic mass is 10.0. The molecule has 0 amide bonds. The van der Waals surface area contributed by atoms with Crippen LogP contribution in [0.5, 0.6) is 0 Å². The first-order valence-electron chi connectivity index (χ1n) is 9.28. The van der Waals surface area contributed by atoms with E-state index in [0.29, 0.717) is 34.1 Å². The number of halogens is 1. The van der Waals surface area contributed by atoms with Gasteiger partial charge in [-0.15, -0.1) is 0 Å². The Kier molecular flexibility index (Phi) is 6.39. The average molecular weight is 412 g/mol. The van der Waals surface area contributed by atoms with Crippen LogP contribution in [-0.2, 0) is 9.53 Å². The zero-order valence-electron chi connectivity index (χ0n) is 16.3. The predicted molar refractivity (Wildman–Crippen MR) is 115 cm³/mol. The van der Waals surface area contributed by atoms with Crippen LogP contribution in [0.15, 0.2) is 47.6 Å². The van der Waals surface area contributed by atoms with Crippen molar-refractivity contribution in [1.82, 2.24) is 4.98 Å². The van der Waals surface area contributed by atoms with Gasteiger partial charge in [-0.2, -0.15) is 0 Å². The number of rotatable bonds is 5. The molecule has 7 nitrogen and oxygen atoms in total. The van der Waals surface area contributed by atoms with Crippen molar-refractivity contribution in [2.75, 3.05) is 12.0 Å². The highest BCUT2D eigenvalue weighted by Crippen LogP contribution is 2.32. The number of methoxy groups -OCH3 is 1. The third-order valence-electron chi connectivity index (χ3n) is 4.66. The molecule has 0 aliphatic carbocycles. The molecule has 2 heterocycles. The number of carbonyl (C=O) groups is 1. The highest BCUT2D eigenvalue weighted by molar-refractivity contribution is 6.32. The maximum atomic E-state index is 11.7. The average Bonchev–Trinajstić information content (AvgIpc) is 2.86. The molecule has 8 heteroatoms. The lowest BCUT2D eigenvalue weighted by Crippen LogP contribution is -2.41. The van der Waals surface area contributed by atoms with Crippen LogP contribution in [0.1, 0.15) is 37.4 Å². The highest BCUT2D eigenvalue weighted by atomic mass is 35.5. The number of hydrogen-bond donors (Lipinski definition) is 2. The molecular formula is C21H22ClN5O2. The minimum absolute atomic E-state index is 0.118. The number of hydrogen-bond acceptors (Lipinski definition) is 6. The zero-order valence-corrected chi connectivity index (χ0v) is 17.0. The first-order valence-corrected chi connectivity index (χ1v) is 9.66. The largest absolute Gasteiger partial charge is 0.469 e. The van der Waals surface area contributed by atoms with E-state index in [2.05, 4.69) is 4.98 Å². The van der Waals surface area contributed by atoms with Crippen molar-refractivity contribution in [1.29, 1.82) is 10.8 Å². The summed E-state index contributed by atoms with van der Waals surface area (Å²) >= 11 is 6.28. The van der Waals surface area contributed by atoms with E-state index in [1.54, 1.807) is 29.3 Å². The number of aromatic nitrogens is 1. The number of benzene rings is 1. The number of amidine groups is 2. The second-order valence-corrected chi connectivity index (χ2v) is 6.94. The van der Waals surface area contributed by atoms with E-state index >= 15 is 0 Å². The SMILES string of the molecule is CCC(=N)N1C(=N)[C@H](CCC(=O)OC)N=C(c2ccccn2)c2cc(Cl)ccc21. The van der Waals surface area contributed by atoms with Crippen LogP contribution < -0.4 is 4.90 Å². The smallest absolute Gasteiger partial charge is 0.305 e. The molecular weight excluding hydrogens is 390 g/mol. The number of nitrogens with one attached hydrogen (secondary N) is 2. The fourth-order valence-electron chi connectivity index (χ4n) is 3.17. The van der Waals surface area contributed by atoms with Crippen LogP contribution >= 0.6 is 11.6 Å². The maximum Gasteiger partial charge on any atom is 0.305 e. The Hall–Kier alpha value is -3.06. The Morgan fingerprint density at radius 3 is 2.76 bits per heavy atom. The predicted octanol–water partition coefficient (Wildman–Crippen LogP) is 4.08. The zero-order chi connectivity index (χ0) is 21.0. The Balaban J connectivity index is 2.19. The van der Waals surface area contributed by atoms with Gasteiger partial charge in [0.25, 0.3) is 0 Å². The van der Waals surface area contributed by atoms with E-state index < -0.39 is 6.04 Å². The molecule has 0 bridgehead atoms. The van der Waals surface area contributed by atoms with Crippen LogP contribution in [0.25, 0.3) is 0 Å². The van der Waals surface area contributed by atoms with Gasteiger partial charge in [-0.3, -0.25) is 30.5 Å². The Morgan fingerprint density at radius 1 is 1.31 bits per heavy atom. The standard InChI is InChI=1S/C21H22ClN5O2/c1-3-18(23)27-17-9-7-13(22)12-14(17)20(15-6-4-5-11-25-15)26-16(21(27)24)8-10-19(28)29-2/h4-7,9,11-12,16,23-24H,3,8,10H2,1-2H3/t16-/m0/s1. The van der Waals surface area contributed by atoms with Gasteiger partial charge in [-0.05, 0) is 36.8 Å². The fourth-order valence-corrected chi connectivity index (χ4v) is 3.34. The van der Waals surface area contributed by atoms with Gasteiger partial charge in [0.1, 0.15) is 17.7 Å². The summed E-state index contributed by atoms with van der Waals surface area (Å²) in [7, 11) is 1.33. The number of benzodiazepines with no additional fused rings is 1. The molecule has 150 valence electrons. The number of anilines is 1. The summed E-state index contributed by atoms with van der Waals surface area (Å²) in [5.41, 5.74) is 2.56. The number of fused-ring (bicyclic) bond motifs is 1. The van der Waals surface area contributed by atoms with Crippen molar-refractivity contribution in [3.05, 3.63) is 58.9 Å². The van der Waals surface area contributed by atoms with Gasteiger partial charge < -0.3 is 4.74 Å². The molecule has 1 aliphatic heterocycles. The quantitative estimate of drug-likeness (QED) is 0.439. The van der Waals surface area contributed by atoms with Crippen LogP contribution in [-0.4, -0.2) is 41.5 Å². The molecule has 0 saturated carbocycles. The minimum Gasteiger partial charge on any atom is -0.469 e. The Bertz CT molecular complexity index is 974. The van der Waals surface area contributed by atoms with Crippen LogP contribution in [0, 0.1) is 10.8 Å². The van der Waals surface area contributed by atoms with E-state index in [4.69, 9.17) is 32.1 Å². The van der Waals surface area contributed by atoms with Crippen LogP contribution in [0.2, 0.25) is 5.02 Å². The third-order valence-corrected chi connectivity index (χ3v) is 4.89. The van der Waals surface area contributed by atoms with E-state index in [0.717, 1.165) is 0 Å². The van der Waals surface area contributed by atoms with Crippen molar-refractivity contribution in [3.8, 4) is 0 Å². The van der Waals surface area contributed by atoms with Crippen LogP contribution in [0.4, 0.5) is 5.69 Å². The summed E-state index contributed by atoms with van der Waals surface area (Å²) in [6, 6.07) is 10.2. The number of carbonyl (C=O) groups excluding carboxylic acids is 1. The summed E-state index contributed by atoms with van der Waals surface area (Å²) in [5, 5.41) is 17.8. The number of pyridine rings is 1. The van der Waals surface area contributed by atoms with Gasteiger partial charge in [-0.1, -0.05) is 24.6 Å². The minimum atomic E-state index is -0.635. The molecule has 0 spiro atoms. The second kappa shape index (κ2) is 8.96. The highest BCUT2D eigenvalue weighted by Gasteiger charge is 2.32. The summed E-state index contributed by atoms with van der Waals surface area (Å²) in [5.74, 6) is 0.0312. The Labute approximate surface area is 174 Å². The van der Waals surface area contributed by atoms with Gasteiger partial charge in [0.15, 0.2) is 0 Å². The molecule has 1 aromatic heterocycles. The number of aliphatic imine (C=N–C) groups is 1. The summed E-state index contributed by atoms with van der Waals surface area (Å²) in [4.78, 5) is 22.5. The molecule has 2 aromatic rings. The van der Waals surface area contributed by atoms with Gasteiger partial charge in [0, 0.05) is 29.6 Å². The number of nitrogens with zero attached hydrogens (tertiary/aromatic N) is 3. The molecule has 1 aromatic carbocycles. The Morgan fingerprint density at radius 2 is 2.10 bits per heavy atom. The maximum absolute atomic E-state index is 11.7. The van der Waals surface area contributed by atoms with Crippen molar-refractivity contribution in [2.45, 2.75) is 32.2 Å². The van der Waals surface area contributed by atoms with Gasteiger partial charge >= 0.3 is 5.97 Å². The van der Waals surface area contributed by atoms with Crippen molar-refractivity contribution >= 4 is 40.6 Å². The second-order valence-electron chi connectivity index (χ2n) is 6.51. The van der Waals surface area contributed by atoms with Crippen molar-refractivity contribution in [2.24, 2.45) is 4.99 Å². The van der Waals surface area contributed by atoms with Gasteiger partial charge in [0.05, 0.1) is 24.2 Å². The molecule has 0 radical (unpaired) electrons. The summed E-state index contributed by atoms with van der Waals surface area (Å²) < 4.78 is 4.75. The number of ether oxygens (including phenoxy) is 1.